The maximum absolute atomic E-state index is 13.4. The van der Waals surface area contributed by atoms with Crippen LogP contribution >= 0.6 is 0 Å². The molecule has 1 aliphatic rings. The second-order valence-corrected chi connectivity index (χ2v) is 9.05. The summed E-state index contributed by atoms with van der Waals surface area (Å²) < 4.78 is 5.42. The van der Waals surface area contributed by atoms with Gasteiger partial charge in [-0.15, -0.1) is 0 Å². The second-order valence-electron chi connectivity index (χ2n) is 9.05. The van der Waals surface area contributed by atoms with E-state index in [0.29, 0.717) is 12.2 Å². The zero-order valence-electron chi connectivity index (χ0n) is 20.3. The Balaban J connectivity index is 1.40. The molecule has 0 radical (unpaired) electrons. The number of benzene rings is 2. The Morgan fingerprint density at radius 1 is 1.00 bits per heavy atom. The molecule has 0 aliphatic carbocycles. The summed E-state index contributed by atoms with van der Waals surface area (Å²) in [5, 5.41) is 5.80. The van der Waals surface area contributed by atoms with Crippen molar-refractivity contribution in [3.63, 3.8) is 0 Å². The summed E-state index contributed by atoms with van der Waals surface area (Å²) >= 11 is 0. The Morgan fingerprint density at radius 3 is 2.47 bits per heavy atom. The first-order valence-corrected chi connectivity index (χ1v) is 12.3. The van der Waals surface area contributed by atoms with E-state index in [1.54, 1.807) is 6.20 Å². The van der Waals surface area contributed by atoms with Crippen LogP contribution in [0.3, 0.4) is 0 Å². The van der Waals surface area contributed by atoms with Crippen LogP contribution in [0.2, 0.25) is 0 Å². The molecular weight excluding hydrogens is 454 g/mol. The summed E-state index contributed by atoms with van der Waals surface area (Å²) in [5.74, 6) is -0.274. The highest BCUT2D eigenvalue weighted by molar-refractivity contribution is 5.96. The molecule has 8 heteroatoms. The smallest absolute Gasteiger partial charge is 0.408 e. The third-order valence-corrected chi connectivity index (χ3v) is 6.43. The van der Waals surface area contributed by atoms with Gasteiger partial charge in [0.1, 0.15) is 12.6 Å². The number of amides is 2. The number of anilines is 1. The van der Waals surface area contributed by atoms with Gasteiger partial charge in [-0.1, -0.05) is 48.5 Å². The van der Waals surface area contributed by atoms with E-state index in [2.05, 4.69) is 26.6 Å². The Labute approximate surface area is 211 Å². The average molecular weight is 488 g/mol. The largest absolute Gasteiger partial charge is 0.445 e. The van der Waals surface area contributed by atoms with Gasteiger partial charge in [0.15, 0.2) is 0 Å². The van der Waals surface area contributed by atoms with Crippen molar-refractivity contribution in [2.75, 3.05) is 18.4 Å². The maximum atomic E-state index is 13.4. The first-order valence-electron chi connectivity index (χ1n) is 12.3. The Bertz CT molecular complexity index is 1120. The number of nitrogens with two attached hydrogens (primary N) is 1. The number of carbonyl (C=O) groups excluding carboxylic acids is 2. The van der Waals surface area contributed by atoms with Gasteiger partial charge in [-0.05, 0) is 66.7 Å². The SMILES string of the molecule is NCc1cccc(NC(=O)[C@@H](NC(=O)OCc2ccccc2)C2CCN(Cc3cccnc3)CC2)c1. The summed E-state index contributed by atoms with van der Waals surface area (Å²) in [6, 6.07) is 20.2. The molecule has 1 aliphatic heterocycles. The molecule has 3 aromatic rings. The molecule has 188 valence electrons. The van der Waals surface area contributed by atoms with Crippen molar-refractivity contribution in [1.29, 1.82) is 0 Å². The van der Waals surface area contributed by atoms with Gasteiger partial charge < -0.3 is 21.1 Å². The van der Waals surface area contributed by atoms with Gasteiger partial charge in [0.2, 0.25) is 5.91 Å². The van der Waals surface area contributed by atoms with Crippen molar-refractivity contribution in [3.05, 3.63) is 95.8 Å². The highest BCUT2D eigenvalue weighted by Crippen LogP contribution is 2.24. The lowest BCUT2D eigenvalue weighted by Crippen LogP contribution is -2.51. The van der Waals surface area contributed by atoms with Crippen molar-refractivity contribution in [1.82, 2.24) is 15.2 Å². The first-order chi connectivity index (χ1) is 17.6. The van der Waals surface area contributed by atoms with Crippen LogP contribution < -0.4 is 16.4 Å². The van der Waals surface area contributed by atoms with Crippen molar-refractivity contribution >= 4 is 17.7 Å². The van der Waals surface area contributed by atoms with Crippen LogP contribution in [-0.4, -0.2) is 41.0 Å². The lowest BCUT2D eigenvalue weighted by Gasteiger charge is -2.35. The molecular formula is C28H33N5O3. The molecule has 0 bridgehead atoms. The van der Waals surface area contributed by atoms with Gasteiger partial charge in [-0.25, -0.2) is 4.79 Å². The minimum Gasteiger partial charge on any atom is -0.445 e. The highest BCUT2D eigenvalue weighted by atomic mass is 16.5. The summed E-state index contributed by atoms with van der Waals surface area (Å²) in [7, 11) is 0. The molecule has 0 saturated carbocycles. The van der Waals surface area contributed by atoms with Crippen LogP contribution in [0.1, 0.15) is 29.5 Å². The van der Waals surface area contributed by atoms with Crippen LogP contribution in [0.5, 0.6) is 0 Å². The maximum Gasteiger partial charge on any atom is 0.408 e. The highest BCUT2D eigenvalue weighted by Gasteiger charge is 2.33. The number of likely N-dealkylation sites (tertiary alicyclic amines) is 1. The van der Waals surface area contributed by atoms with Gasteiger partial charge in [0, 0.05) is 31.2 Å². The fraction of sp³-hybridized carbons (Fsp3) is 0.321. The lowest BCUT2D eigenvalue weighted by atomic mass is 9.88. The normalized spacial score (nSPS) is 15.1. The van der Waals surface area contributed by atoms with E-state index in [9.17, 15) is 9.59 Å². The summed E-state index contributed by atoms with van der Waals surface area (Å²) in [6.45, 7) is 2.99. The summed E-state index contributed by atoms with van der Waals surface area (Å²) in [4.78, 5) is 32.6. The molecule has 1 aromatic heterocycles. The molecule has 1 fully saturated rings. The zero-order chi connectivity index (χ0) is 25.2. The number of ether oxygens (including phenoxy) is 1. The third-order valence-electron chi connectivity index (χ3n) is 6.43. The predicted octanol–water partition coefficient (Wildman–Crippen LogP) is 3.69. The topological polar surface area (TPSA) is 110 Å². The van der Waals surface area contributed by atoms with Crippen molar-refractivity contribution in [2.45, 2.75) is 38.6 Å². The molecule has 1 saturated heterocycles. The van der Waals surface area contributed by atoms with Crippen LogP contribution in [-0.2, 0) is 29.2 Å². The molecule has 8 nitrogen and oxygen atoms in total. The fourth-order valence-electron chi connectivity index (χ4n) is 4.48. The number of pyridine rings is 1. The van der Waals surface area contributed by atoms with Crippen molar-refractivity contribution in [3.8, 4) is 0 Å². The molecule has 4 rings (SSSR count). The number of hydrogen-bond acceptors (Lipinski definition) is 6. The molecule has 1 atom stereocenters. The average Bonchev–Trinajstić information content (AvgIpc) is 2.92. The molecule has 4 N–H and O–H groups in total. The van der Waals surface area contributed by atoms with E-state index >= 15 is 0 Å². The minimum absolute atomic E-state index is 0.0166. The monoisotopic (exact) mass is 487 g/mol. The van der Waals surface area contributed by atoms with Gasteiger partial charge in [-0.3, -0.25) is 14.7 Å². The van der Waals surface area contributed by atoms with E-state index in [1.807, 2.05) is 66.9 Å². The first kappa shape index (κ1) is 25.3. The molecule has 2 aromatic carbocycles. The second kappa shape index (κ2) is 12.8. The number of carbonyl (C=O) groups is 2. The molecule has 0 unspecified atom stereocenters. The Hall–Kier alpha value is -3.75. The minimum atomic E-state index is -0.713. The number of hydrogen-bond donors (Lipinski definition) is 3. The molecule has 36 heavy (non-hydrogen) atoms. The summed E-state index contributed by atoms with van der Waals surface area (Å²) in [6.07, 6.45) is 4.60. The number of alkyl carbamates (subject to hydrolysis) is 1. The van der Waals surface area contributed by atoms with E-state index in [0.717, 1.165) is 49.2 Å². The quantitative estimate of drug-likeness (QED) is 0.425. The number of nitrogens with zero attached hydrogens (tertiary/aromatic N) is 2. The number of aromatic nitrogens is 1. The van der Waals surface area contributed by atoms with Crippen LogP contribution in [0, 0.1) is 5.92 Å². The number of nitrogens with one attached hydrogen (secondary N) is 2. The summed E-state index contributed by atoms with van der Waals surface area (Å²) in [5.41, 5.74) is 9.37. The lowest BCUT2D eigenvalue weighted by molar-refractivity contribution is -0.119. The molecule has 2 heterocycles. The van der Waals surface area contributed by atoms with E-state index in [1.165, 1.54) is 0 Å². The van der Waals surface area contributed by atoms with Gasteiger partial charge >= 0.3 is 6.09 Å². The molecule has 0 spiro atoms. The van der Waals surface area contributed by atoms with Crippen LogP contribution in [0.4, 0.5) is 10.5 Å². The van der Waals surface area contributed by atoms with Gasteiger partial charge in [0.25, 0.3) is 0 Å². The van der Waals surface area contributed by atoms with E-state index < -0.39 is 12.1 Å². The Kier molecular flexibility index (Phi) is 9.02. The standard InChI is InChI=1S/C28H33N5O3/c29-17-22-8-4-10-25(16-22)31-27(34)26(32-28(35)36-20-21-6-2-1-3-7-21)24-11-14-33(15-12-24)19-23-9-5-13-30-18-23/h1-10,13,16,18,24,26H,11-12,14-15,17,19-20,29H2,(H,31,34)(H,32,35)/t26-/m0/s1. The Morgan fingerprint density at radius 2 is 1.75 bits per heavy atom. The van der Waals surface area contributed by atoms with E-state index in [-0.39, 0.29) is 18.4 Å². The van der Waals surface area contributed by atoms with Crippen LogP contribution in [0.15, 0.2) is 79.1 Å². The number of rotatable bonds is 9. The van der Waals surface area contributed by atoms with Crippen molar-refractivity contribution < 1.29 is 14.3 Å². The van der Waals surface area contributed by atoms with Gasteiger partial charge in [0.05, 0.1) is 0 Å². The van der Waals surface area contributed by atoms with Gasteiger partial charge in [-0.2, -0.15) is 0 Å². The fourth-order valence-corrected chi connectivity index (χ4v) is 4.48. The zero-order valence-corrected chi connectivity index (χ0v) is 20.3. The molecule has 2 amide bonds. The van der Waals surface area contributed by atoms with E-state index in [4.69, 9.17) is 10.5 Å². The van der Waals surface area contributed by atoms with Crippen LogP contribution in [0.25, 0.3) is 0 Å². The van der Waals surface area contributed by atoms with Crippen molar-refractivity contribution in [2.24, 2.45) is 11.7 Å². The third kappa shape index (κ3) is 7.37. The predicted molar refractivity (Wildman–Crippen MR) is 139 cm³/mol. The number of piperidine rings is 1.